The van der Waals surface area contributed by atoms with Gasteiger partial charge in [0.15, 0.2) is 0 Å². The molecule has 1 amide bonds. The number of carbonyl (C=O) groups excluding carboxylic acids is 1. The predicted octanol–water partition coefficient (Wildman–Crippen LogP) is 6.06. The highest BCUT2D eigenvalue weighted by molar-refractivity contribution is 6.32. The van der Waals surface area contributed by atoms with Crippen LogP contribution in [0.25, 0.3) is 10.9 Å². The second kappa shape index (κ2) is 12.8. The van der Waals surface area contributed by atoms with E-state index >= 15 is 0 Å². The molecule has 7 nitrogen and oxygen atoms in total. The second-order valence-corrected chi connectivity index (χ2v) is 10.9. The number of carbonyl (C=O) groups is 1. The largest absolute Gasteiger partial charge is 0.495 e. The Kier molecular flexibility index (Phi) is 8.94. The van der Waals surface area contributed by atoms with Crippen molar-refractivity contribution in [3.05, 3.63) is 94.6 Å². The van der Waals surface area contributed by atoms with E-state index in [1.54, 1.807) is 7.11 Å². The molecule has 0 spiro atoms. The van der Waals surface area contributed by atoms with Gasteiger partial charge in [0.1, 0.15) is 17.6 Å². The molecule has 1 aromatic heterocycles. The molecule has 2 heterocycles. The number of piperidine rings is 1. The maximum absolute atomic E-state index is 13.5. The van der Waals surface area contributed by atoms with Crippen molar-refractivity contribution in [3.63, 3.8) is 0 Å². The summed E-state index contributed by atoms with van der Waals surface area (Å²) in [6.07, 6.45) is 4.99. The van der Waals surface area contributed by atoms with Crippen LogP contribution in [0.5, 0.6) is 11.5 Å². The minimum Gasteiger partial charge on any atom is -0.495 e. The number of hydrazine groups is 1. The van der Waals surface area contributed by atoms with E-state index in [0.29, 0.717) is 17.1 Å². The summed E-state index contributed by atoms with van der Waals surface area (Å²) in [5, 5.41) is 2.80. The second-order valence-electron chi connectivity index (χ2n) is 10.5. The van der Waals surface area contributed by atoms with Crippen LogP contribution in [-0.2, 0) is 13.1 Å². The van der Waals surface area contributed by atoms with Gasteiger partial charge in [-0.05, 0) is 56.5 Å². The lowest BCUT2D eigenvalue weighted by Gasteiger charge is -2.32. The SMILES string of the molecule is COc1cccc2c(C(=O)N(N)Cc3cccc(C)c3)cn(CCCN3CCC(Oc4ccccc4Cl)CC3)c12. The molecular formula is C32H37ClN4O3. The Morgan fingerprint density at radius 3 is 2.52 bits per heavy atom. The first kappa shape index (κ1) is 28.0. The van der Waals surface area contributed by atoms with Crippen LogP contribution in [0.4, 0.5) is 0 Å². The van der Waals surface area contributed by atoms with E-state index in [-0.39, 0.29) is 12.0 Å². The van der Waals surface area contributed by atoms with Crippen molar-refractivity contribution in [1.82, 2.24) is 14.5 Å². The van der Waals surface area contributed by atoms with E-state index in [4.69, 9.17) is 26.9 Å². The number of hydrogen-bond acceptors (Lipinski definition) is 5. The Morgan fingerprint density at radius 2 is 1.77 bits per heavy atom. The Hall–Kier alpha value is -3.52. The Morgan fingerprint density at radius 1 is 1.02 bits per heavy atom. The summed E-state index contributed by atoms with van der Waals surface area (Å²) in [6.45, 7) is 6.07. The lowest BCUT2D eigenvalue weighted by atomic mass is 10.1. The molecule has 0 saturated carbocycles. The molecule has 0 unspecified atom stereocenters. The van der Waals surface area contributed by atoms with Gasteiger partial charge in [-0.25, -0.2) is 5.84 Å². The van der Waals surface area contributed by atoms with Crippen molar-refractivity contribution in [2.75, 3.05) is 26.7 Å². The van der Waals surface area contributed by atoms with Gasteiger partial charge in [-0.3, -0.25) is 9.80 Å². The number of fused-ring (bicyclic) bond motifs is 1. The van der Waals surface area contributed by atoms with Gasteiger partial charge in [0.05, 0.1) is 29.8 Å². The van der Waals surface area contributed by atoms with E-state index in [0.717, 1.165) is 79.0 Å². The number of rotatable bonds is 10. The van der Waals surface area contributed by atoms with Crippen LogP contribution in [0.3, 0.4) is 0 Å². The zero-order valence-electron chi connectivity index (χ0n) is 23.2. The summed E-state index contributed by atoms with van der Waals surface area (Å²) < 4.78 is 14.0. The molecule has 3 aromatic carbocycles. The number of nitrogens with zero attached hydrogens (tertiary/aromatic N) is 3. The first-order valence-corrected chi connectivity index (χ1v) is 14.2. The summed E-state index contributed by atoms with van der Waals surface area (Å²) in [6, 6.07) is 21.5. The number of hydrogen-bond donors (Lipinski definition) is 1. The summed E-state index contributed by atoms with van der Waals surface area (Å²) in [7, 11) is 1.66. The fourth-order valence-electron chi connectivity index (χ4n) is 5.51. The summed E-state index contributed by atoms with van der Waals surface area (Å²) in [5.74, 6) is 7.58. The van der Waals surface area contributed by atoms with Crippen LogP contribution in [0, 0.1) is 6.92 Å². The molecule has 1 aliphatic heterocycles. The van der Waals surface area contributed by atoms with Gasteiger partial charge in [0.2, 0.25) is 0 Å². The summed E-state index contributed by atoms with van der Waals surface area (Å²) >= 11 is 6.27. The van der Waals surface area contributed by atoms with Crippen molar-refractivity contribution < 1.29 is 14.3 Å². The van der Waals surface area contributed by atoms with Gasteiger partial charge < -0.3 is 18.9 Å². The molecule has 0 bridgehead atoms. The predicted molar refractivity (Wildman–Crippen MR) is 160 cm³/mol. The molecule has 1 saturated heterocycles. The van der Waals surface area contributed by atoms with Gasteiger partial charge in [-0.15, -0.1) is 0 Å². The van der Waals surface area contributed by atoms with Gasteiger partial charge >= 0.3 is 0 Å². The fourth-order valence-corrected chi connectivity index (χ4v) is 5.69. The van der Waals surface area contributed by atoms with Gasteiger partial charge in [-0.2, -0.15) is 0 Å². The van der Waals surface area contributed by atoms with Crippen molar-refractivity contribution in [2.45, 2.75) is 45.4 Å². The smallest absolute Gasteiger partial charge is 0.270 e. The lowest BCUT2D eigenvalue weighted by molar-refractivity contribution is 0.0745. The van der Waals surface area contributed by atoms with E-state index in [9.17, 15) is 4.79 Å². The van der Waals surface area contributed by atoms with Gasteiger partial charge in [-0.1, -0.05) is 65.7 Å². The molecule has 210 valence electrons. The number of benzene rings is 3. The number of halogens is 1. The highest BCUT2D eigenvalue weighted by atomic mass is 35.5. The van der Waals surface area contributed by atoms with E-state index in [1.807, 2.05) is 79.9 Å². The first-order chi connectivity index (χ1) is 19.4. The topological polar surface area (TPSA) is 73.0 Å². The van der Waals surface area contributed by atoms with Crippen molar-refractivity contribution in [3.8, 4) is 11.5 Å². The highest BCUT2D eigenvalue weighted by Crippen LogP contribution is 2.31. The van der Waals surface area contributed by atoms with Crippen LogP contribution in [0.2, 0.25) is 5.02 Å². The number of methoxy groups -OCH3 is 1. The van der Waals surface area contributed by atoms with Crippen molar-refractivity contribution in [1.29, 1.82) is 0 Å². The van der Waals surface area contributed by atoms with Gasteiger partial charge in [0, 0.05) is 31.2 Å². The van der Waals surface area contributed by atoms with E-state index in [1.165, 1.54) is 5.01 Å². The molecule has 4 aromatic rings. The number of ether oxygens (including phenoxy) is 2. The van der Waals surface area contributed by atoms with Crippen molar-refractivity contribution in [2.24, 2.45) is 5.84 Å². The molecule has 0 aliphatic carbocycles. The number of para-hydroxylation sites is 2. The number of aryl methyl sites for hydroxylation is 2. The van der Waals surface area contributed by atoms with Crippen LogP contribution >= 0.6 is 11.6 Å². The average Bonchev–Trinajstić information content (AvgIpc) is 3.33. The maximum atomic E-state index is 13.5. The average molecular weight is 561 g/mol. The minimum absolute atomic E-state index is 0.182. The number of nitrogens with two attached hydrogens (primary N) is 1. The molecule has 5 rings (SSSR count). The zero-order chi connectivity index (χ0) is 28.1. The summed E-state index contributed by atoms with van der Waals surface area (Å²) in [4.78, 5) is 16.0. The Bertz CT molecular complexity index is 1460. The standard InChI is InChI=1S/C32H37ClN4O3/c1-23-8-5-9-24(20-23)21-37(34)32(38)27-22-36(31-26(27)10-6-13-30(31)39-2)17-7-16-35-18-14-25(15-19-35)40-29-12-4-3-11-28(29)33/h3-6,8-13,20,22,25H,7,14-19,21,34H2,1-2H3. The minimum atomic E-state index is -0.209. The summed E-state index contributed by atoms with van der Waals surface area (Å²) in [5.41, 5.74) is 3.64. The molecule has 2 N–H and O–H groups in total. The molecule has 0 atom stereocenters. The normalized spacial score (nSPS) is 14.4. The molecular weight excluding hydrogens is 524 g/mol. The third-order valence-corrected chi connectivity index (χ3v) is 7.86. The lowest BCUT2D eigenvalue weighted by Crippen LogP contribution is -2.39. The molecule has 1 fully saturated rings. The molecule has 8 heteroatoms. The van der Waals surface area contributed by atoms with Crippen LogP contribution in [0.1, 0.15) is 40.7 Å². The van der Waals surface area contributed by atoms with E-state index < -0.39 is 0 Å². The van der Waals surface area contributed by atoms with Crippen LogP contribution < -0.4 is 15.3 Å². The fraction of sp³-hybridized carbons (Fsp3) is 0.344. The zero-order valence-corrected chi connectivity index (χ0v) is 23.9. The molecule has 40 heavy (non-hydrogen) atoms. The monoisotopic (exact) mass is 560 g/mol. The molecule has 0 radical (unpaired) electrons. The Balaban J connectivity index is 1.22. The third kappa shape index (κ3) is 6.44. The maximum Gasteiger partial charge on any atom is 0.270 e. The first-order valence-electron chi connectivity index (χ1n) is 13.8. The van der Waals surface area contributed by atoms with Crippen LogP contribution in [0.15, 0.2) is 72.9 Å². The number of likely N-dealkylation sites (tertiary alicyclic amines) is 1. The van der Waals surface area contributed by atoms with E-state index in [2.05, 4.69) is 9.47 Å². The highest BCUT2D eigenvalue weighted by Gasteiger charge is 2.23. The number of amides is 1. The van der Waals surface area contributed by atoms with Crippen LogP contribution in [-0.4, -0.2) is 53.2 Å². The third-order valence-electron chi connectivity index (χ3n) is 7.55. The van der Waals surface area contributed by atoms with Gasteiger partial charge in [0.25, 0.3) is 5.91 Å². The number of aromatic nitrogens is 1. The Labute approximate surface area is 241 Å². The molecule has 1 aliphatic rings. The quantitative estimate of drug-likeness (QED) is 0.145. The van der Waals surface area contributed by atoms with Crippen molar-refractivity contribution >= 4 is 28.4 Å².